The number of aromatic amines is 1. The van der Waals surface area contributed by atoms with Gasteiger partial charge in [-0.25, -0.2) is 9.48 Å². The van der Waals surface area contributed by atoms with Crippen molar-refractivity contribution in [2.24, 2.45) is 0 Å². The lowest BCUT2D eigenvalue weighted by molar-refractivity contribution is -0.141. The number of carbonyl (C=O) groups is 1. The Morgan fingerprint density at radius 2 is 2.25 bits per heavy atom. The van der Waals surface area contributed by atoms with E-state index in [1.54, 1.807) is 6.92 Å². The molecular formula is C13H13N5O2. The molecule has 1 aromatic carbocycles. The van der Waals surface area contributed by atoms with Gasteiger partial charge in [-0.2, -0.15) is 0 Å². The summed E-state index contributed by atoms with van der Waals surface area (Å²) in [5.41, 5.74) is 1.92. The van der Waals surface area contributed by atoms with E-state index in [2.05, 4.69) is 20.5 Å². The Morgan fingerprint density at radius 3 is 2.95 bits per heavy atom. The number of aryl methyl sites for hydroxylation is 1. The van der Waals surface area contributed by atoms with Crippen molar-refractivity contribution in [1.82, 2.24) is 25.2 Å². The number of rotatable bonds is 4. The van der Waals surface area contributed by atoms with Crippen LogP contribution < -0.4 is 0 Å². The van der Waals surface area contributed by atoms with Gasteiger partial charge in [0.05, 0.1) is 0 Å². The van der Waals surface area contributed by atoms with Crippen LogP contribution in [0.1, 0.15) is 17.4 Å². The van der Waals surface area contributed by atoms with Crippen LogP contribution in [0.25, 0.3) is 10.9 Å². The molecule has 0 bridgehead atoms. The molecule has 0 aliphatic carbocycles. The van der Waals surface area contributed by atoms with Crippen LogP contribution in [0.5, 0.6) is 0 Å². The van der Waals surface area contributed by atoms with Crippen molar-refractivity contribution in [3.05, 3.63) is 41.9 Å². The number of fused-ring (bicyclic) bond motifs is 1. The molecule has 2 N–H and O–H groups in total. The average molecular weight is 271 g/mol. The first-order chi connectivity index (χ1) is 9.66. The normalized spacial score (nSPS) is 12.7. The Bertz CT molecular complexity index is 761. The maximum Gasteiger partial charge on any atom is 0.328 e. The Kier molecular flexibility index (Phi) is 2.94. The fourth-order valence-electron chi connectivity index (χ4n) is 2.31. The molecule has 7 heteroatoms. The predicted molar refractivity (Wildman–Crippen MR) is 71.2 cm³/mol. The first-order valence-corrected chi connectivity index (χ1v) is 6.19. The molecule has 2 heterocycles. The van der Waals surface area contributed by atoms with E-state index in [0.717, 1.165) is 16.5 Å². The Hall–Kier alpha value is -2.70. The van der Waals surface area contributed by atoms with E-state index >= 15 is 0 Å². The van der Waals surface area contributed by atoms with Gasteiger partial charge in [-0.1, -0.05) is 18.2 Å². The molecule has 20 heavy (non-hydrogen) atoms. The van der Waals surface area contributed by atoms with Crippen LogP contribution in [0, 0.1) is 6.92 Å². The molecule has 1 unspecified atom stereocenters. The second-order valence-electron chi connectivity index (χ2n) is 4.59. The van der Waals surface area contributed by atoms with Crippen LogP contribution in [0.3, 0.4) is 0 Å². The Labute approximate surface area is 114 Å². The number of carboxylic acid groups (broad SMARTS) is 1. The van der Waals surface area contributed by atoms with Crippen LogP contribution >= 0.6 is 0 Å². The summed E-state index contributed by atoms with van der Waals surface area (Å²) >= 11 is 0. The summed E-state index contributed by atoms with van der Waals surface area (Å²) < 4.78 is 1.34. The molecule has 0 aliphatic rings. The van der Waals surface area contributed by atoms with Gasteiger partial charge in [0.25, 0.3) is 0 Å². The molecule has 0 amide bonds. The lowest BCUT2D eigenvalue weighted by Crippen LogP contribution is -2.23. The van der Waals surface area contributed by atoms with Crippen molar-refractivity contribution < 1.29 is 9.90 Å². The molecule has 7 nitrogen and oxygen atoms in total. The van der Waals surface area contributed by atoms with Gasteiger partial charge in [-0.3, -0.25) is 0 Å². The van der Waals surface area contributed by atoms with Gasteiger partial charge in [-0.15, -0.1) is 5.10 Å². The van der Waals surface area contributed by atoms with E-state index in [4.69, 9.17) is 0 Å². The van der Waals surface area contributed by atoms with E-state index in [1.165, 1.54) is 4.68 Å². The van der Waals surface area contributed by atoms with Gasteiger partial charge in [-0.05, 0) is 29.0 Å². The molecule has 0 spiro atoms. The van der Waals surface area contributed by atoms with Gasteiger partial charge >= 0.3 is 5.97 Å². The molecule has 0 aliphatic heterocycles. The minimum Gasteiger partial charge on any atom is -0.480 e. The minimum absolute atomic E-state index is 0.325. The quantitative estimate of drug-likeness (QED) is 0.746. The smallest absolute Gasteiger partial charge is 0.328 e. The lowest BCUT2D eigenvalue weighted by Gasteiger charge is -2.12. The van der Waals surface area contributed by atoms with Crippen molar-refractivity contribution in [3.63, 3.8) is 0 Å². The van der Waals surface area contributed by atoms with Gasteiger partial charge in [0.1, 0.15) is 5.82 Å². The fourth-order valence-corrected chi connectivity index (χ4v) is 2.31. The highest BCUT2D eigenvalue weighted by atomic mass is 16.4. The van der Waals surface area contributed by atoms with Gasteiger partial charge < -0.3 is 10.1 Å². The summed E-state index contributed by atoms with van der Waals surface area (Å²) in [7, 11) is 0. The second-order valence-corrected chi connectivity index (χ2v) is 4.59. The van der Waals surface area contributed by atoms with Crippen LogP contribution in [0.4, 0.5) is 0 Å². The van der Waals surface area contributed by atoms with Crippen molar-refractivity contribution in [2.45, 2.75) is 19.4 Å². The molecule has 102 valence electrons. The van der Waals surface area contributed by atoms with E-state index in [9.17, 15) is 9.90 Å². The largest absolute Gasteiger partial charge is 0.480 e. The molecule has 0 radical (unpaired) electrons. The molecule has 3 rings (SSSR count). The number of para-hydroxylation sites is 1. The van der Waals surface area contributed by atoms with E-state index in [1.807, 2.05) is 30.5 Å². The number of tetrazole rings is 1. The third kappa shape index (κ3) is 2.03. The SMILES string of the molecule is Cc1nnnn1C(Cc1c[nH]c2ccccc12)C(=O)O. The highest BCUT2D eigenvalue weighted by molar-refractivity contribution is 5.84. The van der Waals surface area contributed by atoms with E-state index < -0.39 is 12.0 Å². The Morgan fingerprint density at radius 1 is 1.45 bits per heavy atom. The molecule has 2 aromatic heterocycles. The number of nitrogens with zero attached hydrogens (tertiary/aromatic N) is 4. The Balaban J connectivity index is 1.99. The first-order valence-electron chi connectivity index (χ1n) is 6.19. The second kappa shape index (κ2) is 4.76. The van der Waals surface area contributed by atoms with Gasteiger partial charge in [0, 0.05) is 23.5 Å². The molecule has 3 aromatic rings. The zero-order chi connectivity index (χ0) is 14.1. The summed E-state index contributed by atoms with van der Waals surface area (Å²) in [5.74, 6) is -0.470. The summed E-state index contributed by atoms with van der Waals surface area (Å²) in [4.78, 5) is 14.6. The van der Waals surface area contributed by atoms with Crippen LogP contribution in [0.2, 0.25) is 0 Å². The van der Waals surface area contributed by atoms with E-state index in [0.29, 0.717) is 12.2 Å². The summed E-state index contributed by atoms with van der Waals surface area (Å²) in [5, 5.41) is 21.4. The number of carboxylic acids is 1. The average Bonchev–Trinajstić information content (AvgIpc) is 3.02. The third-order valence-electron chi connectivity index (χ3n) is 3.33. The highest BCUT2D eigenvalue weighted by Crippen LogP contribution is 2.23. The van der Waals surface area contributed by atoms with Crippen molar-refractivity contribution in [3.8, 4) is 0 Å². The number of benzene rings is 1. The van der Waals surface area contributed by atoms with Crippen molar-refractivity contribution in [1.29, 1.82) is 0 Å². The molecular weight excluding hydrogens is 258 g/mol. The maximum atomic E-state index is 11.5. The molecule has 1 atom stereocenters. The van der Waals surface area contributed by atoms with Crippen molar-refractivity contribution in [2.75, 3.05) is 0 Å². The third-order valence-corrected chi connectivity index (χ3v) is 3.33. The first kappa shape index (κ1) is 12.3. The molecule has 0 saturated heterocycles. The minimum atomic E-state index is -0.953. The highest BCUT2D eigenvalue weighted by Gasteiger charge is 2.24. The number of aromatic nitrogens is 5. The number of nitrogens with one attached hydrogen (secondary N) is 1. The van der Waals surface area contributed by atoms with E-state index in [-0.39, 0.29) is 0 Å². The number of H-pyrrole nitrogens is 1. The standard InChI is InChI=1S/C13H13N5O2/c1-8-15-16-17-18(8)12(13(19)20)6-9-7-14-11-5-3-2-4-10(9)11/h2-5,7,12,14H,6H2,1H3,(H,19,20). The van der Waals surface area contributed by atoms with Crippen LogP contribution in [-0.4, -0.2) is 36.3 Å². The van der Waals surface area contributed by atoms with Crippen LogP contribution in [-0.2, 0) is 11.2 Å². The van der Waals surface area contributed by atoms with Crippen molar-refractivity contribution >= 4 is 16.9 Å². The summed E-state index contributed by atoms with van der Waals surface area (Å²) in [6, 6.07) is 6.97. The predicted octanol–water partition coefficient (Wildman–Crippen LogP) is 1.33. The molecule has 0 saturated carbocycles. The summed E-state index contributed by atoms with van der Waals surface area (Å²) in [6.45, 7) is 1.69. The van der Waals surface area contributed by atoms with Crippen LogP contribution in [0.15, 0.2) is 30.5 Å². The number of hydrogen-bond acceptors (Lipinski definition) is 4. The fraction of sp³-hybridized carbons (Fsp3) is 0.231. The zero-order valence-corrected chi connectivity index (χ0v) is 10.8. The maximum absolute atomic E-state index is 11.5. The molecule has 0 fully saturated rings. The summed E-state index contributed by atoms with van der Waals surface area (Å²) in [6.07, 6.45) is 2.16. The topological polar surface area (TPSA) is 96.7 Å². The number of aliphatic carboxylic acids is 1. The lowest BCUT2D eigenvalue weighted by atomic mass is 10.1. The monoisotopic (exact) mass is 271 g/mol. The van der Waals surface area contributed by atoms with Gasteiger partial charge in [0.2, 0.25) is 0 Å². The number of hydrogen-bond donors (Lipinski definition) is 2. The zero-order valence-electron chi connectivity index (χ0n) is 10.8. The van der Waals surface area contributed by atoms with Gasteiger partial charge in [0.15, 0.2) is 6.04 Å².